The molecule has 0 unspecified atom stereocenters. The van der Waals surface area contributed by atoms with Gasteiger partial charge in [-0.1, -0.05) is 42.5 Å². The van der Waals surface area contributed by atoms with Gasteiger partial charge < -0.3 is 15.3 Å². The second-order valence-electron chi connectivity index (χ2n) is 7.33. The first kappa shape index (κ1) is 20.0. The fourth-order valence-corrected chi connectivity index (χ4v) is 3.32. The van der Waals surface area contributed by atoms with E-state index in [1.54, 1.807) is 12.1 Å². The van der Waals surface area contributed by atoms with E-state index in [1.165, 1.54) is 0 Å². The predicted octanol–water partition coefficient (Wildman–Crippen LogP) is 1.86. The number of carboxylic acids is 1. The van der Waals surface area contributed by atoms with Crippen molar-refractivity contribution >= 4 is 11.9 Å². The number of piperazine rings is 1. The summed E-state index contributed by atoms with van der Waals surface area (Å²) < 4.78 is 0. The molecular weight excluding hydrogens is 354 g/mol. The maximum Gasteiger partial charge on any atom is 0.326 e. The smallest absolute Gasteiger partial charge is 0.326 e. The van der Waals surface area contributed by atoms with Crippen LogP contribution >= 0.6 is 0 Å². The zero-order chi connectivity index (χ0) is 19.9. The predicted molar refractivity (Wildman–Crippen MR) is 108 cm³/mol. The Labute approximate surface area is 165 Å². The highest BCUT2D eigenvalue weighted by atomic mass is 16.4. The monoisotopic (exact) mass is 381 g/mol. The van der Waals surface area contributed by atoms with Crippen LogP contribution in [0, 0.1) is 0 Å². The molecule has 1 aliphatic rings. The summed E-state index contributed by atoms with van der Waals surface area (Å²) in [4.78, 5) is 28.8. The summed E-state index contributed by atoms with van der Waals surface area (Å²) in [6.45, 7) is 5.08. The van der Waals surface area contributed by atoms with Crippen LogP contribution in [0.2, 0.25) is 0 Å². The van der Waals surface area contributed by atoms with Crippen molar-refractivity contribution in [2.75, 3.05) is 33.2 Å². The Morgan fingerprint density at radius 1 is 0.964 bits per heavy atom. The third kappa shape index (κ3) is 5.65. The van der Waals surface area contributed by atoms with Gasteiger partial charge in [-0.05, 0) is 30.3 Å². The Morgan fingerprint density at radius 3 is 2.21 bits per heavy atom. The van der Waals surface area contributed by atoms with E-state index >= 15 is 0 Å². The van der Waals surface area contributed by atoms with Crippen LogP contribution in [0.15, 0.2) is 54.6 Å². The zero-order valence-electron chi connectivity index (χ0n) is 16.2. The Balaban J connectivity index is 1.57. The Hall–Kier alpha value is -2.70. The van der Waals surface area contributed by atoms with Crippen LogP contribution in [0.3, 0.4) is 0 Å². The van der Waals surface area contributed by atoms with Crippen molar-refractivity contribution in [2.24, 2.45) is 0 Å². The summed E-state index contributed by atoms with van der Waals surface area (Å²) in [5, 5.41) is 12.1. The van der Waals surface area contributed by atoms with Crippen LogP contribution in [0.4, 0.5) is 0 Å². The quantitative estimate of drug-likeness (QED) is 0.766. The highest BCUT2D eigenvalue weighted by Crippen LogP contribution is 2.11. The molecule has 0 spiro atoms. The van der Waals surface area contributed by atoms with E-state index in [-0.39, 0.29) is 12.3 Å². The summed E-state index contributed by atoms with van der Waals surface area (Å²) >= 11 is 0. The fourth-order valence-electron chi connectivity index (χ4n) is 3.32. The molecule has 1 amide bonds. The normalized spacial score (nSPS) is 16.5. The average Bonchev–Trinajstić information content (AvgIpc) is 2.70. The minimum absolute atomic E-state index is 0.253. The molecule has 2 aromatic rings. The van der Waals surface area contributed by atoms with Crippen LogP contribution < -0.4 is 5.32 Å². The van der Waals surface area contributed by atoms with Crippen molar-refractivity contribution in [2.45, 2.75) is 19.0 Å². The van der Waals surface area contributed by atoms with Crippen LogP contribution in [0.25, 0.3) is 0 Å². The van der Waals surface area contributed by atoms with Gasteiger partial charge in [0.2, 0.25) is 0 Å². The van der Waals surface area contributed by atoms with Gasteiger partial charge in [-0.15, -0.1) is 0 Å². The third-order valence-electron chi connectivity index (χ3n) is 5.10. The van der Waals surface area contributed by atoms with E-state index < -0.39 is 12.0 Å². The Morgan fingerprint density at radius 2 is 1.61 bits per heavy atom. The fraction of sp³-hybridized carbons (Fsp3) is 0.364. The molecule has 1 heterocycles. The zero-order valence-corrected chi connectivity index (χ0v) is 16.2. The lowest BCUT2D eigenvalue weighted by Gasteiger charge is -2.32. The number of nitrogens with one attached hydrogen (secondary N) is 1. The number of aliphatic carboxylic acids is 1. The first-order chi connectivity index (χ1) is 13.5. The van der Waals surface area contributed by atoms with Crippen molar-refractivity contribution in [1.82, 2.24) is 15.1 Å². The number of hydrogen-bond acceptors (Lipinski definition) is 4. The SMILES string of the molecule is CN1CCN(Cc2ccc(C(=O)N[C@@H](Cc3ccccc3)C(=O)O)cc2)CC1. The molecule has 0 aromatic heterocycles. The first-order valence-corrected chi connectivity index (χ1v) is 9.58. The lowest BCUT2D eigenvalue weighted by molar-refractivity contribution is -0.139. The minimum Gasteiger partial charge on any atom is -0.480 e. The van der Waals surface area contributed by atoms with E-state index in [9.17, 15) is 14.7 Å². The molecule has 0 bridgehead atoms. The van der Waals surface area contributed by atoms with Gasteiger partial charge in [-0.25, -0.2) is 4.79 Å². The first-order valence-electron chi connectivity index (χ1n) is 9.58. The molecule has 1 aliphatic heterocycles. The van der Waals surface area contributed by atoms with E-state index in [4.69, 9.17) is 0 Å². The van der Waals surface area contributed by atoms with Gasteiger partial charge >= 0.3 is 5.97 Å². The lowest BCUT2D eigenvalue weighted by atomic mass is 10.0. The van der Waals surface area contributed by atoms with Gasteiger partial charge in [-0.2, -0.15) is 0 Å². The maximum atomic E-state index is 12.5. The van der Waals surface area contributed by atoms with Crippen molar-refractivity contribution in [3.8, 4) is 0 Å². The van der Waals surface area contributed by atoms with Crippen LogP contribution in [0.5, 0.6) is 0 Å². The number of rotatable bonds is 7. The molecule has 2 aromatic carbocycles. The van der Waals surface area contributed by atoms with Crippen LogP contribution in [-0.4, -0.2) is 66.1 Å². The van der Waals surface area contributed by atoms with Crippen molar-refractivity contribution in [3.05, 3.63) is 71.3 Å². The molecule has 2 N–H and O–H groups in total. The van der Waals surface area contributed by atoms with Gasteiger partial charge in [0, 0.05) is 44.7 Å². The van der Waals surface area contributed by atoms with Gasteiger partial charge in [0.25, 0.3) is 5.91 Å². The summed E-state index contributed by atoms with van der Waals surface area (Å²) in [7, 11) is 2.13. The number of carbonyl (C=O) groups is 2. The molecular formula is C22H27N3O3. The number of likely N-dealkylation sites (N-methyl/N-ethyl adjacent to an activating group) is 1. The summed E-state index contributed by atoms with van der Waals surface area (Å²) in [6.07, 6.45) is 0.253. The molecule has 1 saturated heterocycles. The van der Waals surface area contributed by atoms with Gasteiger partial charge in [0.15, 0.2) is 0 Å². The molecule has 148 valence electrons. The minimum atomic E-state index is -1.04. The number of nitrogens with zero attached hydrogens (tertiary/aromatic N) is 2. The van der Waals surface area contributed by atoms with Crippen molar-refractivity contribution in [3.63, 3.8) is 0 Å². The van der Waals surface area contributed by atoms with E-state index in [2.05, 4.69) is 22.2 Å². The van der Waals surface area contributed by atoms with Crippen LogP contribution in [0.1, 0.15) is 21.5 Å². The standard InChI is InChI=1S/C22H27N3O3/c1-24-11-13-25(14-12-24)16-18-7-9-19(10-8-18)21(26)23-20(22(27)28)15-17-5-3-2-4-6-17/h2-10,20H,11-16H2,1H3,(H,23,26)(H,27,28)/t20-/m0/s1. The number of benzene rings is 2. The molecule has 1 atom stereocenters. The number of amides is 1. The Bertz CT molecular complexity index is 784. The maximum absolute atomic E-state index is 12.5. The number of carboxylic acid groups (broad SMARTS) is 1. The lowest BCUT2D eigenvalue weighted by Crippen LogP contribution is -2.43. The Kier molecular flexibility index (Phi) is 6.79. The highest BCUT2D eigenvalue weighted by Gasteiger charge is 2.21. The molecule has 1 fully saturated rings. The molecule has 0 radical (unpaired) electrons. The van der Waals surface area contributed by atoms with Crippen molar-refractivity contribution < 1.29 is 14.7 Å². The molecule has 0 saturated carbocycles. The van der Waals surface area contributed by atoms with Gasteiger partial charge in [-0.3, -0.25) is 9.69 Å². The van der Waals surface area contributed by atoms with Crippen molar-refractivity contribution in [1.29, 1.82) is 0 Å². The molecule has 3 rings (SSSR count). The second-order valence-corrected chi connectivity index (χ2v) is 7.33. The average molecular weight is 381 g/mol. The summed E-state index contributed by atoms with van der Waals surface area (Å²) in [6, 6.07) is 15.8. The molecule has 6 heteroatoms. The van der Waals surface area contributed by atoms with Crippen LogP contribution in [-0.2, 0) is 17.8 Å². The summed E-state index contributed by atoms with van der Waals surface area (Å²) in [5.41, 5.74) is 2.50. The second kappa shape index (κ2) is 9.48. The molecule has 28 heavy (non-hydrogen) atoms. The summed E-state index contributed by atoms with van der Waals surface area (Å²) in [5.74, 6) is -1.40. The van der Waals surface area contributed by atoms with Gasteiger partial charge in [0.05, 0.1) is 0 Å². The largest absolute Gasteiger partial charge is 0.480 e. The van der Waals surface area contributed by atoms with E-state index in [1.807, 2.05) is 42.5 Å². The third-order valence-corrected chi connectivity index (χ3v) is 5.10. The highest BCUT2D eigenvalue weighted by molar-refractivity contribution is 5.96. The topological polar surface area (TPSA) is 72.9 Å². The van der Waals surface area contributed by atoms with Gasteiger partial charge in [0.1, 0.15) is 6.04 Å². The van der Waals surface area contributed by atoms with E-state index in [0.29, 0.717) is 5.56 Å². The number of carbonyl (C=O) groups excluding carboxylic acids is 1. The van der Waals surface area contributed by atoms with E-state index in [0.717, 1.165) is 43.9 Å². The molecule has 0 aliphatic carbocycles. The number of hydrogen-bond donors (Lipinski definition) is 2. The molecule has 6 nitrogen and oxygen atoms in total.